The van der Waals surface area contributed by atoms with Crippen molar-refractivity contribution in [1.29, 1.82) is 0 Å². The zero-order valence-electron chi connectivity index (χ0n) is 14.3. The summed E-state index contributed by atoms with van der Waals surface area (Å²) in [7, 11) is 0. The van der Waals surface area contributed by atoms with Gasteiger partial charge in [0, 0.05) is 6.54 Å². The normalized spacial score (nSPS) is 13.2. The van der Waals surface area contributed by atoms with Gasteiger partial charge in [-0.15, -0.1) is 0 Å². The molecule has 0 aliphatic heterocycles. The number of rotatable bonds is 11. The third-order valence-electron chi connectivity index (χ3n) is 3.11. The van der Waals surface area contributed by atoms with E-state index in [2.05, 4.69) is 5.32 Å². The molecular formula is C14H27F3N4O5. The Bertz CT molecular complexity index is 435. The molecule has 1 amide bonds. The topological polar surface area (TPSA) is 182 Å². The van der Waals surface area contributed by atoms with Crippen molar-refractivity contribution in [2.24, 2.45) is 17.2 Å². The number of carboxylic acids is 2. The van der Waals surface area contributed by atoms with E-state index in [4.69, 9.17) is 32.2 Å². The van der Waals surface area contributed by atoms with Crippen molar-refractivity contribution in [2.45, 2.75) is 56.8 Å². The maximum absolute atomic E-state index is 11.6. The fourth-order valence-corrected chi connectivity index (χ4v) is 1.60. The first kappa shape index (κ1) is 26.3. The monoisotopic (exact) mass is 388 g/mol. The standard InChI is InChI=1S/C12H26N4O3.C2HF3O2/c13-7-3-1-5-9(14)11(17)16-8-4-2-6-10(15)12(18)19;3-2(4,5)1(6)7/h9-10H,1-8,13-15H2,(H,16,17)(H,18,19);(H,6,7). The van der Waals surface area contributed by atoms with E-state index in [1.807, 2.05) is 0 Å². The summed E-state index contributed by atoms with van der Waals surface area (Å²) in [5, 5.41) is 18.4. The summed E-state index contributed by atoms with van der Waals surface area (Å²) in [6.45, 7) is 1.11. The van der Waals surface area contributed by atoms with Gasteiger partial charge < -0.3 is 32.7 Å². The minimum atomic E-state index is -5.08. The smallest absolute Gasteiger partial charge is 0.480 e. The van der Waals surface area contributed by atoms with Crippen molar-refractivity contribution in [2.75, 3.05) is 13.1 Å². The number of aliphatic carboxylic acids is 2. The van der Waals surface area contributed by atoms with Crippen molar-refractivity contribution in [1.82, 2.24) is 5.32 Å². The molecule has 0 saturated carbocycles. The SMILES string of the molecule is NCCCCC(N)C(=O)NCCCCC(N)C(=O)O.O=C(O)C(F)(F)F. The van der Waals surface area contributed by atoms with Crippen LogP contribution in [0.2, 0.25) is 0 Å². The molecule has 0 aliphatic carbocycles. The number of carbonyl (C=O) groups is 3. The number of nitrogens with one attached hydrogen (secondary N) is 1. The van der Waals surface area contributed by atoms with Crippen LogP contribution in [0.1, 0.15) is 38.5 Å². The molecule has 0 heterocycles. The molecule has 0 aromatic carbocycles. The molecule has 12 heteroatoms. The number of hydrogen-bond acceptors (Lipinski definition) is 6. The summed E-state index contributed by atoms with van der Waals surface area (Å²) in [6.07, 6.45) is -0.967. The highest BCUT2D eigenvalue weighted by atomic mass is 19.4. The number of carboxylic acid groups (broad SMARTS) is 2. The lowest BCUT2D eigenvalue weighted by Gasteiger charge is -2.12. The van der Waals surface area contributed by atoms with Crippen LogP contribution < -0.4 is 22.5 Å². The van der Waals surface area contributed by atoms with E-state index in [9.17, 15) is 22.8 Å². The first-order chi connectivity index (χ1) is 11.9. The Balaban J connectivity index is 0. The van der Waals surface area contributed by atoms with Gasteiger partial charge in [0.15, 0.2) is 0 Å². The average Bonchev–Trinajstić information content (AvgIpc) is 2.53. The van der Waals surface area contributed by atoms with Crippen LogP contribution in [0.5, 0.6) is 0 Å². The Morgan fingerprint density at radius 3 is 1.81 bits per heavy atom. The largest absolute Gasteiger partial charge is 0.490 e. The highest BCUT2D eigenvalue weighted by molar-refractivity contribution is 5.81. The zero-order chi connectivity index (χ0) is 20.8. The van der Waals surface area contributed by atoms with Crippen LogP contribution in [-0.2, 0) is 14.4 Å². The molecule has 0 rings (SSSR count). The van der Waals surface area contributed by atoms with Crippen molar-refractivity contribution in [3.63, 3.8) is 0 Å². The Labute approximate surface area is 149 Å². The second-order valence-corrected chi connectivity index (χ2v) is 5.43. The van der Waals surface area contributed by atoms with Crippen LogP contribution in [0.4, 0.5) is 13.2 Å². The predicted molar refractivity (Wildman–Crippen MR) is 87.0 cm³/mol. The van der Waals surface area contributed by atoms with E-state index in [1.165, 1.54) is 0 Å². The number of halogens is 3. The Hall–Kier alpha value is -1.92. The van der Waals surface area contributed by atoms with Gasteiger partial charge in [-0.1, -0.05) is 6.42 Å². The predicted octanol–water partition coefficient (Wildman–Crippen LogP) is -0.226. The Kier molecular flexibility index (Phi) is 14.4. The Morgan fingerprint density at radius 2 is 1.38 bits per heavy atom. The summed E-state index contributed by atoms with van der Waals surface area (Å²) in [5.74, 6) is -3.92. The van der Waals surface area contributed by atoms with Gasteiger partial charge in [0.25, 0.3) is 0 Å². The molecule has 2 atom stereocenters. The van der Waals surface area contributed by atoms with E-state index in [-0.39, 0.29) is 5.91 Å². The van der Waals surface area contributed by atoms with Gasteiger partial charge in [0.1, 0.15) is 6.04 Å². The number of hydrogen-bond donors (Lipinski definition) is 6. The van der Waals surface area contributed by atoms with E-state index >= 15 is 0 Å². The molecule has 0 spiro atoms. The summed E-state index contributed by atoms with van der Waals surface area (Å²) >= 11 is 0. The number of carbonyl (C=O) groups excluding carboxylic acids is 1. The lowest BCUT2D eigenvalue weighted by atomic mass is 10.1. The minimum absolute atomic E-state index is 0.167. The number of alkyl halides is 3. The molecule has 9 nitrogen and oxygen atoms in total. The van der Waals surface area contributed by atoms with Gasteiger partial charge in [-0.3, -0.25) is 9.59 Å². The fourth-order valence-electron chi connectivity index (χ4n) is 1.60. The van der Waals surface area contributed by atoms with Crippen LogP contribution >= 0.6 is 0 Å². The first-order valence-corrected chi connectivity index (χ1v) is 7.95. The third-order valence-corrected chi connectivity index (χ3v) is 3.11. The van der Waals surface area contributed by atoms with Crippen molar-refractivity contribution in [3.05, 3.63) is 0 Å². The van der Waals surface area contributed by atoms with Crippen LogP contribution in [0.25, 0.3) is 0 Å². The number of amides is 1. The van der Waals surface area contributed by atoms with Gasteiger partial charge in [-0.25, -0.2) is 4.79 Å². The van der Waals surface area contributed by atoms with Crippen molar-refractivity contribution < 1.29 is 37.8 Å². The molecule has 0 fully saturated rings. The quantitative estimate of drug-likeness (QED) is 0.262. The highest BCUT2D eigenvalue weighted by Crippen LogP contribution is 2.13. The van der Waals surface area contributed by atoms with Gasteiger partial charge in [0.2, 0.25) is 5.91 Å². The molecule has 0 saturated heterocycles. The third kappa shape index (κ3) is 15.6. The van der Waals surface area contributed by atoms with Crippen LogP contribution in [0, 0.1) is 0 Å². The lowest BCUT2D eigenvalue weighted by molar-refractivity contribution is -0.192. The van der Waals surface area contributed by atoms with Crippen LogP contribution in [0.15, 0.2) is 0 Å². The summed E-state index contributed by atoms with van der Waals surface area (Å²) in [6, 6.07) is -1.32. The molecule has 0 radical (unpaired) electrons. The van der Waals surface area contributed by atoms with Gasteiger partial charge >= 0.3 is 18.1 Å². The van der Waals surface area contributed by atoms with Gasteiger partial charge in [-0.05, 0) is 38.6 Å². The summed E-state index contributed by atoms with van der Waals surface area (Å²) < 4.78 is 31.7. The zero-order valence-corrected chi connectivity index (χ0v) is 14.3. The maximum atomic E-state index is 11.6. The van der Waals surface area contributed by atoms with Gasteiger partial charge in [0.05, 0.1) is 6.04 Å². The second-order valence-electron chi connectivity index (χ2n) is 5.43. The number of nitrogens with two attached hydrogens (primary N) is 3. The van der Waals surface area contributed by atoms with Crippen molar-refractivity contribution in [3.8, 4) is 0 Å². The van der Waals surface area contributed by atoms with E-state index in [0.717, 1.165) is 12.8 Å². The van der Waals surface area contributed by atoms with Gasteiger partial charge in [-0.2, -0.15) is 13.2 Å². The van der Waals surface area contributed by atoms with Crippen molar-refractivity contribution >= 4 is 17.8 Å². The fraction of sp³-hybridized carbons (Fsp3) is 0.786. The molecule has 0 bridgehead atoms. The summed E-state index contributed by atoms with van der Waals surface area (Å²) in [5.41, 5.74) is 16.4. The first-order valence-electron chi connectivity index (χ1n) is 7.95. The Morgan fingerprint density at radius 1 is 0.923 bits per heavy atom. The minimum Gasteiger partial charge on any atom is -0.480 e. The maximum Gasteiger partial charge on any atom is 0.490 e. The molecule has 9 N–H and O–H groups in total. The molecule has 2 unspecified atom stereocenters. The number of unbranched alkanes of at least 4 members (excludes halogenated alkanes) is 2. The van der Waals surface area contributed by atoms with E-state index in [1.54, 1.807) is 0 Å². The molecule has 154 valence electrons. The van der Waals surface area contributed by atoms with E-state index < -0.39 is 30.2 Å². The lowest BCUT2D eigenvalue weighted by Crippen LogP contribution is -2.41. The van der Waals surface area contributed by atoms with Crippen LogP contribution in [-0.4, -0.2) is 59.4 Å². The van der Waals surface area contributed by atoms with E-state index in [0.29, 0.717) is 38.8 Å². The molecule has 0 aromatic rings. The average molecular weight is 388 g/mol. The molecule has 0 aromatic heterocycles. The molecule has 0 aliphatic rings. The highest BCUT2D eigenvalue weighted by Gasteiger charge is 2.38. The molecular weight excluding hydrogens is 361 g/mol. The van der Waals surface area contributed by atoms with Crippen LogP contribution in [0.3, 0.4) is 0 Å². The summed E-state index contributed by atoms with van der Waals surface area (Å²) in [4.78, 5) is 30.9. The second kappa shape index (κ2) is 14.3. The molecule has 26 heavy (non-hydrogen) atoms.